The van der Waals surface area contributed by atoms with Gasteiger partial charge in [0.1, 0.15) is 11.5 Å². The number of amides is 1. The Labute approximate surface area is 152 Å². The Morgan fingerprint density at radius 1 is 1.19 bits per heavy atom. The average Bonchev–Trinajstić information content (AvgIpc) is 3.00. The quantitative estimate of drug-likeness (QED) is 0.737. The summed E-state index contributed by atoms with van der Waals surface area (Å²) in [5, 5.41) is 6.88. The fraction of sp³-hybridized carbons (Fsp3) is 0.250. The maximum Gasteiger partial charge on any atom is 0.251 e. The number of methoxy groups -OCH3 is 1. The number of aromatic nitrogens is 2. The Morgan fingerprint density at radius 2 is 1.96 bits per heavy atom. The topological polar surface area (TPSA) is 77.2 Å². The molecule has 1 aromatic carbocycles. The Balaban J connectivity index is 1.64. The van der Waals surface area contributed by atoms with Crippen LogP contribution in [0.2, 0.25) is 0 Å². The summed E-state index contributed by atoms with van der Waals surface area (Å²) in [5.74, 6) is 1.38. The van der Waals surface area contributed by atoms with Crippen LogP contribution in [-0.4, -0.2) is 29.7 Å². The van der Waals surface area contributed by atoms with E-state index in [1.165, 1.54) is 0 Å². The first-order valence-corrected chi connectivity index (χ1v) is 8.39. The second kappa shape index (κ2) is 7.82. The molecule has 2 heterocycles. The van der Waals surface area contributed by atoms with Crippen molar-refractivity contribution in [1.82, 2.24) is 15.5 Å². The maximum absolute atomic E-state index is 12.4. The first-order chi connectivity index (χ1) is 12.6. The summed E-state index contributed by atoms with van der Waals surface area (Å²) in [6, 6.07) is 11.3. The van der Waals surface area contributed by atoms with Crippen LogP contribution in [-0.2, 0) is 6.42 Å². The van der Waals surface area contributed by atoms with E-state index in [0.29, 0.717) is 23.6 Å². The van der Waals surface area contributed by atoms with E-state index in [-0.39, 0.29) is 5.91 Å². The molecule has 0 aliphatic carbocycles. The predicted octanol–water partition coefficient (Wildman–Crippen LogP) is 3.33. The minimum atomic E-state index is -0.131. The van der Waals surface area contributed by atoms with Gasteiger partial charge < -0.3 is 14.6 Å². The molecule has 6 nitrogen and oxygen atoms in total. The lowest BCUT2D eigenvalue weighted by Gasteiger charge is -2.07. The van der Waals surface area contributed by atoms with Crippen molar-refractivity contribution < 1.29 is 14.1 Å². The van der Waals surface area contributed by atoms with Gasteiger partial charge in [-0.1, -0.05) is 17.3 Å². The Kier molecular flexibility index (Phi) is 5.31. The SMILES string of the molecule is COc1ccc(CCNC(=O)c2ccnc(-c3c(C)noc3C)c2)cc1. The van der Waals surface area contributed by atoms with E-state index >= 15 is 0 Å². The van der Waals surface area contributed by atoms with Gasteiger partial charge in [0, 0.05) is 18.3 Å². The number of aryl methyl sites for hydroxylation is 2. The molecular weight excluding hydrogens is 330 g/mol. The van der Waals surface area contributed by atoms with Crippen LogP contribution < -0.4 is 10.1 Å². The van der Waals surface area contributed by atoms with Crippen LogP contribution in [0.4, 0.5) is 0 Å². The molecule has 0 bridgehead atoms. The molecule has 0 atom stereocenters. The summed E-state index contributed by atoms with van der Waals surface area (Å²) in [7, 11) is 1.64. The second-order valence-electron chi connectivity index (χ2n) is 5.98. The number of ether oxygens (including phenoxy) is 1. The van der Waals surface area contributed by atoms with Gasteiger partial charge >= 0.3 is 0 Å². The van der Waals surface area contributed by atoms with Crippen LogP contribution in [0.15, 0.2) is 47.1 Å². The van der Waals surface area contributed by atoms with E-state index in [1.807, 2.05) is 38.1 Å². The molecule has 0 saturated heterocycles. The standard InChI is InChI=1S/C20H21N3O3/c1-13-19(14(2)26-23-13)18-12-16(9-11-21-18)20(24)22-10-8-15-4-6-17(25-3)7-5-15/h4-7,9,11-12H,8,10H2,1-3H3,(H,22,24). The van der Waals surface area contributed by atoms with Crippen molar-refractivity contribution in [3.63, 3.8) is 0 Å². The normalized spacial score (nSPS) is 10.6. The third kappa shape index (κ3) is 3.91. The smallest absolute Gasteiger partial charge is 0.251 e. The summed E-state index contributed by atoms with van der Waals surface area (Å²) >= 11 is 0. The molecule has 0 aliphatic heterocycles. The van der Waals surface area contributed by atoms with Crippen molar-refractivity contribution in [3.8, 4) is 17.0 Å². The molecule has 2 aromatic heterocycles. The maximum atomic E-state index is 12.4. The summed E-state index contributed by atoms with van der Waals surface area (Å²) in [4.78, 5) is 16.8. The first kappa shape index (κ1) is 17.7. The van der Waals surface area contributed by atoms with Gasteiger partial charge in [0.2, 0.25) is 0 Å². The van der Waals surface area contributed by atoms with Gasteiger partial charge in [0.15, 0.2) is 0 Å². The van der Waals surface area contributed by atoms with E-state index < -0.39 is 0 Å². The molecule has 0 spiro atoms. The minimum Gasteiger partial charge on any atom is -0.497 e. The van der Waals surface area contributed by atoms with Gasteiger partial charge in [-0.15, -0.1) is 0 Å². The van der Waals surface area contributed by atoms with Crippen molar-refractivity contribution in [3.05, 3.63) is 65.2 Å². The number of nitrogens with zero attached hydrogens (tertiary/aromatic N) is 2. The van der Waals surface area contributed by atoms with Crippen molar-refractivity contribution in [2.75, 3.05) is 13.7 Å². The summed E-state index contributed by atoms with van der Waals surface area (Å²) < 4.78 is 10.3. The van der Waals surface area contributed by atoms with Crippen molar-refractivity contribution in [2.45, 2.75) is 20.3 Å². The molecule has 134 valence electrons. The number of hydrogen-bond acceptors (Lipinski definition) is 5. The molecule has 0 radical (unpaired) electrons. The lowest BCUT2D eigenvalue weighted by Crippen LogP contribution is -2.25. The summed E-state index contributed by atoms with van der Waals surface area (Å²) in [5.41, 5.74) is 3.97. The zero-order chi connectivity index (χ0) is 18.5. The lowest BCUT2D eigenvalue weighted by atomic mass is 10.1. The fourth-order valence-corrected chi connectivity index (χ4v) is 2.77. The van der Waals surface area contributed by atoms with E-state index in [9.17, 15) is 4.79 Å². The number of pyridine rings is 1. The molecular formula is C20H21N3O3. The van der Waals surface area contributed by atoms with Gasteiger partial charge in [0.05, 0.1) is 24.1 Å². The van der Waals surface area contributed by atoms with E-state index in [2.05, 4.69) is 15.5 Å². The van der Waals surface area contributed by atoms with Crippen LogP contribution in [0, 0.1) is 13.8 Å². The second-order valence-corrected chi connectivity index (χ2v) is 5.98. The van der Waals surface area contributed by atoms with Crippen LogP contribution in [0.5, 0.6) is 5.75 Å². The van der Waals surface area contributed by atoms with Crippen molar-refractivity contribution in [1.29, 1.82) is 0 Å². The predicted molar refractivity (Wildman–Crippen MR) is 98.2 cm³/mol. The van der Waals surface area contributed by atoms with Crippen molar-refractivity contribution >= 4 is 5.91 Å². The first-order valence-electron chi connectivity index (χ1n) is 8.39. The summed E-state index contributed by atoms with van der Waals surface area (Å²) in [6.45, 7) is 4.24. The van der Waals surface area contributed by atoms with Gasteiger partial charge in [0.25, 0.3) is 5.91 Å². The van der Waals surface area contributed by atoms with Gasteiger partial charge in [-0.2, -0.15) is 0 Å². The third-order valence-electron chi connectivity index (χ3n) is 4.17. The van der Waals surface area contributed by atoms with E-state index in [4.69, 9.17) is 9.26 Å². The van der Waals surface area contributed by atoms with Crippen LogP contribution in [0.1, 0.15) is 27.4 Å². The van der Waals surface area contributed by atoms with Crippen LogP contribution >= 0.6 is 0 Å². The zero-order valence-corrected chi connectivity index (χ0v) is 15.1. The monoisotopic (exact) mass is 351 g/mol. The van der Waals surface area contributed by atoms with Gasteiger partial charge in [-0.3, -0.25) is 9.78 Å². The highest BCUT2D eigenvalue weighted by Crippen LogP contribution is 2.25. The Morgan fingerprint density at radius 3 is 2.62 bits per heavy atom. The third-order valence-corrected chi connectivity index (χ3v) is 4.17. The number of carbonyl (C=O) groups excluding carboxylic acids is 1. The van der Waals surface area contributed by atoms with E-state index in [0.717, 1.165) is 29.0 Å². The summed E-state index contributed by atoms with van der Waals surface area (Å²) in [6.07, 6.45) is 2.37. The molecule has 1 N–H and O–H groups in total. The molecule has 0 saturated carbocycles. The molecule has 0 unspecified atom stereocenters. The fourth-order valence-electron chi connectivity index (χ4n) is 2.77. The Bertz CT molecular complexity index is 881. The molecule has 1 amide bonds. The zero-order valence-electron chi connectivity index (χ0n) is 15.1. The molecule has 3 rings (SSSR count). The Hall–Kier alpha value is -3.15. The molecule has 6 heteroatoms. The van der Waals surface area contributed by atoms with Crippen LogP contribution in [0.3, 0.4) is 0 Å². The largest absolute Gasteiger partial charge is 0.497 e. The van der Waals surface area contributed by atoms with Crippen LogP contribution in [0.25, 0.3) is 11.3 Å². The number of benzene rings is 1. The van der Waals surface area contributed by atoms with Gasteiger partial charge in [-0.05, 0) is 50.1 Å². The number of rotatable bonds is 6. The van der Waals surface area contributed by atoms with Crippen molar-refractivity contribution in [2.24, 2.45) is 0 Å². The van der Waals surface area contributed by atoms with E-state index in [1.54, 1.807) is 25.4 Å². The minimum absolute atomic E-state index is 0.131. The number of nitrogens with one attached hydrogen (secondary N) is 1. The molecule has 26 heavy (non-hydrogen) atoms. The molecule has 3 aromatic rings. The highest BCUT2D eigenvalue weighted by atomic mass is 16.5. The number of hydrogen-bond donors (Lipinski definition) is 1. The van der Waals surface area contributed by atoms with Gasteiger partial charge in [-0.25, -0.2) is 0 Å². The number of carbonyl (C=O) groups is 1. The lowest BCUT2D eigenvalue weighted by molar-refractivity contribution is 0.0954. The average molecular weight is 351 g/mol. The molecule has 0 fully saturated rings. The highest BCUT2D eigenvalue weighted by molar-refractivity contribution is 5.95. The molecule has 0 aliphatic rings. The highest BCUT2D eigenvalue weighted by Gasteiger charge is 2.14.